The Morgan fingerprint density at radius 3 is 2.69 bits per heavy atom. The van der Waals surface area contributed by atoms with E-state index in [0.29, 0.717) is 6.54 Å². The Balaban J connectivity index is 2.83. The first-order valence-electron chi connectivity index (χ1n) is 4.83. The molecule has 0 aliphatic rings. The number of amides is 1. The summed E-state index contributed by atoms with van der Waals surface area (Å²) in [6, 6.07) is 7.31. The molecule has 0 bridgehead atoms. The zero-order valence-corrected chi connectivity index (χ0v) is 8.93. The standard InChI is InChI=1S/C12H13NO3/c1-9(14)13-8-11-5-3-2-4-10(11)6-7-12(15)16/h2-7H,8H2,1H3,(H,13,14)(H,15,16). The summed E-state index contributed by atoms with van der Waals surface area (Å²) in [6.45, 7) is 1.84. The van der Waals surface area contributed by atoms with Crippen molar-refractivity contribution in [2.45, 2.75) is 13.5 Å². The van der Waals surface area contributed by atoms with E-state index in [0.717, 1.165) is 17.2 Å². The number of rotatable bonds is 4. The predicted molar refractivity (Wildman–Crippen MR) is 60.6 cm³/mol. The van der Waals surface area contributed by atoms with Crippen molar-refractivity contribution in [3.8, 4) is 0 Å². The lowest BCUT2D eigenvalue weighted by Gasteiger charge is -2.05. The van der Waals surface area contributed by atoms with Crippen molar-refractivity contribution in [1.29, 1.82) is 0 Å². The van der Waals surface area contributed by atoms with Crippen LogP contribution in [0.5, 0.6) is 0 Å². The highest BCUT2D eigenvalue weighted by molar-refractivity contribution is 5.85. The van der Waals surface area contributed by atoms with Crippen LogP contribution in [0.15, 0.2) is 30.3 Å². The molecule has 1 aromatic rings. The van der Waals surface area contributed by atoms with E-state index in [2.05, 4.69) is 5.32 Å². The molecular weight excluding hydrogens is 206 g/mol. The van der Waals surface area contributed by atoms with Gasteiger partial charge in [0.1, 0.15) is 0 Å². The SMILES string of the molecule is CC(=O)NCc1ccccc1C=CC(=O)O. The van der Waals surface area contributed by atoms with Gasteiger partial charge in [0.2, 0.25) is 5.91 Å². The fourth-order valence-corrected chi connectivity index (χ4v) is 1.24. The number of carbonyl (C=O) groups is 2. The van der Waals surface area contributed by atoms with E-state index in [-0.39, 0.29) is 5.91 Å². The van der Waals surface area contributed by atoms with Crippen LogP contribution in [0, 0.1) is 0 Å². The van der Waals surface area contributed by atoms with Crippen molar-refractivity contribution >= 4 is 18.0 Å². The normalized spacial score (nSPS) is 10.3. The van der Waals surface area contributed by atoms with Crippen LogP contribution in [-0.2, 0) is 16.1 Å². The van der Waals surface area contributed by atoms with Crippen LogP contribution in [-0.4, -0.2) is 17.0 Å². The average Bonchev–Trinajstić information content (AvgIpc) is 2.24. The van der Waals surface area contributed by atoms with Gasteiger partial charge in [-0.3, -0.25) is 4.79 Å². The van der Waals surface area contributed by atoms with Crippen molar-refractivity contribution in [3.05, 3.63) is 41.5 Å². The molecule has 0 atom stereocenters. The number of aliphatic carboxylic acids is 1. The van der Waals surface area contributed by atoms with Crippen LogP contribution in [0.3, 0.4) is 0 Å². The smallest absolute Gasteiger partial charge is 0.328 e. The largest absolute Gasteiger partial charge is 0.478 e. The Morgan fingerprint density at radius 2 is 2.06 bits per heavy atom. The number of benzene rings is 1. The Morgan fingerprint density at radius 1 is 1.38 bits per heavy atom. The maximum Gasteiger partial charge on any atom is 0.328 e. The first kappa shape index (κ1) is 12.0. The zero-order valence-electron chi connectivity index (χ0n) is 8.93. The monoisotopic (exact) mass is 219 g/mol. The first-order valence-corrected chi connectivity index (χ1v) is 4.83. The van der Waals surface area contributed by atoms with E-state index < -0.39 is 5.97 Å². The van der Waals surface area contributed by atoms with Gasteiger partial charge in [-0.2, -0.15) is 0 Å². The molecule has 0 heterocycles. The fourth-order valence-electron chi connectivity index (χ4n) is 1.24. The summed E-state index contributed by atoms with van der Waals surface area (Å²) in [5.74, 6) is -1.11. The van der Waals surface area contributed by atoms with E-state index in [1.807, 2.05) is 18.2 Å². The van der Waals surface area contributed by atoms with Crippen LogP contribution in [0.4, 0.5) is 0 Å². The molecular formula is C12H13NO3. The molecule has 1 aromatic carbocycles. The van der Waals surface area contributed by atoms with Crippen molar-refractivity contribution in [2.75, 3.05) is 0 Å². The molecule has 0 aromatic heterocycles. The second kappa shape index (κ2) is 5.70. The van der Waals surface area contributed by atoms with Crippen LogP contribution in [0.25, 0.3) is 6.08 Å². The van der Waals surface area contributed by atoms with Gasteiger partial charge in [-0.1, -0.05) is 24.3 Å². The summed E-state index contributed by atoms with van der Waals surface area (Å²) in [5, 5.41) is 11.2. The molecule has 1 amide bonds. The molecule has 84 valence electrons. The molecule has 0 saturated carbocycles. The minimum atomic E-state index is -0.991. The highest BCUT2D eigenvalue weighted by Gasteiger charge is 1.99. The first-order chi connectivity index (χ1) is 7.59. The summed E-state index contributed by atoms with van der Waals surface area (Å²) in [6.07, 6.45) is 2.59. The van der Waals surface area contributed by atoms with Gasteiger partial charge in [0.15, 0.2) is 0 Å². The number of carboxylic acids is 1. The number of nitrogens with one attached hydrogen (secondary N) is 1. The highest BCUT2D eigenvalue weighted by atomic mass is 16.4. The fraction of sp³-hybridized carbons (Fsp3) is 0.167. The van der Waals surface area contributed by atoms with Crippen LogP contribution in [0.1, 0.15) is 18.1 Å². The third-order valence-corrected chi connectivity index (χ3v) is 1.99. The molecule has 0 aliphatic heterocycles. The molecule has 16 heavy (non-hydrogen) atoms. The summed E-state index contributed by atoms with van der Waals surface area (Å²) in [7, 11) is 0. The number of carbonyl (C=O) groups excluding carboxylic acids is 1. The number of hydrogen-bond acceptors (Lipinski definition) is 2. The summed E-state index contributed by atoms with van der Waals surface area (Å²) < 4.78 is 0. The van der Waals surface area contributed by atoms with Crippen LogP contribution >= 0.6 is 0 Å². The van der Waals surface area contributed by atoms with Gasteiger partial charge in [0.25, 0.3) is 0 Å². The number of hydrogen-bond donors (Lipinski definition) is 2. The van der Waals surface area contributed by atoms with Gasteiger partial charge in [-0.25, -0.2) is 4.79 Å². The Labute approximate surface area is 93.6 Å². The molecule has 0 saturated heterocycles. The second-order valence-electron chi connectivity index (χ2n) is 3.28. The molecule has 0 radical (unpaired) electrons. The van der Waals surface area contributed by atoms with Gasteiger partial charge in [0, 0.05) is 19.5 Å². The molecule has 1 rings (SSSR count). The molecule has 0 aliphatic carbocycles. The highest BCUT2D eigenvalue weighted by Crippen LogP contribution is 2.10. The molecule has 0 spiro atoms. The third-order valence-electron chi connectivity index (χ3n) is 1.99. The van der Waals surface area contributed by atoms with Gasteiger partial charge in [0.05, 0.1) is 0 Å². The van der Waals surface area contributed by atoms with Gasteiger partial charge < -0.3 is 10.4 Å². The maximum atomic E-state index is 10.8. The number of carboxylic acid groups (broad SMARTS) is 1. The van der Waals surface area contributed by atoms with Crippen molar-refractivity contribution < 1.29 is 14.7 Å². The van der Waals surface area contributed by atoms with Crippen molar-refractivity contribution in [1.82, 2.24) is 5.32 Å². The van der Waals surface area contributed by atoms with E-state index in [1.54, 1.807) is 6.07 Å². The van der Waals surface area contributed by atoms with Gasteiger partial charge >= 0.3 is 5.97 Å². The summed E-state index contributed by atoms with van der Waals surface area (Å²) >= 11 is 0. The molecule has 4 heteroatoms. The topological polar surface area (TPSA) is 66.4 Å². The molecule has 4 nitrogen and oxygen atoms in total. The lowest BCUT2D eigenvalue weighted by Crippen LogP contribution is -2.19. The van der Waals surface area contributed by atoms with Gasteiger partial charge in [-0.05, 0) is 17.2 Å². The van der Waals surface area contributed by atoms with Crippen LogP contribution < -0.4 is 5.32 Å². The second-order valence-corrected chi connectivity index (χ2v) is 3.28. The zero-order chi connectivity index (χ0) is 12.0. The van der Waals surface area contributed by atoms with Crippen molar-refractivity contribution in [2.24, 2.45) is 0 Å². The molecule has 2 N–H and O–H groups in total. The summed E-state index contributed by atoms with van der Waals surface area (Å²) in [4.78, 5) is 21.2. The minimum Gasteiger partial charge on any atom is -0.478 e. The summed E-state index contributed by atoms with van der Waals surface area (Å²) in [5.41, 5.74) is 1.67. The molecule has 0 unspecified atom stereocenters. The Hall–Kier alpha value is -2.10. The Kier molecular flexibility index (Phi) is 4.27. The minimum absolute atomic E-state index is 0.114. The van der Waals surface area contributed by atoms with Crippen molar-refractivity contribution in [3.63, 3.8) is 0 Å². The predicted octanol–water partition coefficient (Wildman–Crippen LogP) is 1.42. The quantitative estimate of drug-likeness (QED) is 0.752. The van der Waals surface area contributed by atoms with E-state index >= 15 is 0 Å². The maximum absolute atomic E-state index is 10.8. The van der Waals surface area contributed by atoms with Crippen LogP contribution in [0.2, 0.25) is 0 Å². The third kappa shape index (κ3) is 3.96. The lowest BCUT2D eigenvalue weighted by molar-refractivity contribution is -0.131. The Bertz CT molecular complexity index is 424. The molecule has 0 fully saturated rings. The van der Waals surface area contributed by atoms with E-state index in [9.17, 15) is 9.59 Å². The van der Waals surface area contributed by atoms with Gasteiger partial charge in [-0.15, -0.1) is 0 Å². The lowest BCUT2D eigenvalue weighted by atomic mass is 10.1. The van der Waals surface area contributed by atoms with E-state index in [4.69, 9.17) is 5.11 Å². The average molecular weight is 219 g/mol. The van der Waals surface area contributed by atoms with E-state index in [1.165, 1.54) is 13.0 Å².